The van der Waals surface area contributed by atoms with Crippen LogP contribution in [-0.2, 0) is 4.79 Å². The lowest BCUT2D eigenvalue weighted by Gasteiger charge is -2.02. The zero-order valence-corrected chi connectivity index (χ0v) is 13.4. The van der Waals surface area contributed by atoms with Crippen molar-refractivity contribution < 1.29 is 9.21 Å². The van der Waals surface area contributed by atoms with E-state index in [4.69, 9.17) is 4.42 Å². The number of pyridine rings is 1. The summed E-state index contributed by atoms with van der Waals surface area (Å²) in [6.45, 7) is 1.46. The Morgan fingerprint density at radius 3 is 2.83 bits per heavy atom. The van der Waals surface area contributed by atoms with E-state index in [9.17, 15) is 4.79 Å². The summed E-state index contributed by atoms with van der Waals surface area (Å²) in [4.78, 5) is 19.8. The number of fused-ring (bicyclic) bond motifs is 1. The molecule has 4 rings (SSSR count). The minimum atomic E-state index is -0.134. The Morgan fingerprint density at radius 1 is 1.17 bits per heavy atom. The van der Waals surface area contributed by atoms with Gasteiger partial charge in [-0.15, -0.1) is 10.2 Å². The predicted molar refractivity (Wildman–Crippen MR) is 90.4 cm³/mol. The van der Waals surface area contributed by atoms with Crippen LogP contribution in [-0.4, -0.2) is 26.1 Å². The topological polar surface area (TPSA) is 93.8 Å². The Bertz CT molecular complexity index is 1030. The molecule has 0 saturated carbocycles. The van der Waals surface area contributed by atoms with Crippen LogP contribution in [0.25, 0.3) is 32.8 Å². The van der Waals surface area contributed by atoms with Crippen LogP contribution in [0.3, 0.4) is 0 Å². The second kappa shape index (κ2) is 5.82. The van der Waals surface area contributed by atoms with Gasteiger partial charge in [-0.3, -0.25) is 9.78 Å². The molecular weight excluding hydrogens is 326 g/mol. The third-order valence-corrected chi connectivity index (χ3v) is 4.28. The molecule has 0 fully saturated rings. The highest BCUT2D eigenvalue weighted by molar-refractivity contribution is 7.22. The van der Waals surface area contributed by atoms with Crippen molar-refractivity contribution in [2.75, 3.05) is 5.32 Å². The molecule has 0 saturated heterocycles. The van der Waals surface area contributed by atoms with Gasteiger partial charge in [0, 0.05) is 24.9 Å². The molecule has 0 bridgehead atoms. The lowest BCUT2D eigenvalue weighted by Crippen LogP contribution is -2.04. The van der Waals surface area contributed by atoms with E-state index in [-0.39, 0.29) is 5.91 Å². The van der Waals surface area contributed by atoms with Crippen LogP contribution in [0.4, 0.5) is 5.13 Å². The van der Waals surface area contributed by atoms with Gasteiger partial charge >= 0.3 is 0 Å². The Kier molecular flexibility index (Phi) is 3.51. The predicted octanol–water partition coefficient (Wildman–Crippen LogP) is 3.37. The highest BCUT2D eigenvalue weighted by Crippen LogP contribution is 2.31. The van der Waals surface area contributed by atoms with Crippen molar-refractivity contribution in [3.63, 3.8) is 0 Å². The number of rotatable bonds is 3. The summed E-state index contributed by atoms with van der Waals surface area (Å²) in [7, 11) is 0. The number of carbonyl (C=O) groups excluding carboxylic acids is 1. The molecular formula is C16H11N5O2S. The van der Waals surface area contributed by atoms with Crippen LogP contribution in [0, 0.1) is 0 Å². The number of anilines is 1. The van der Waals surface area contributed by atoms with Gasteiger partial charge in [0.25, 0.3) is 0 Å². The summed E-state index contributed by atoms with van der Waals surface area (Å²) in [6, 6.07) is 7.85. The molecule has 24 heavy (non-hydrogen) atoms. The summed E-state index contributed by atoms with van der Waals surface area (Å²) < 4.78 is 6.20. The maximum absolute atomic E-state index is 11.2. The van der Waals surface area contributed by atoms with Gasteiger partial charge in [0.05, 0.1) is 15.8 Å². The van der Waals surface area contributed by atoms with Crippen LogP contribution >= 0.6 is 11.3 Å². The summed E-state index contributed by atoms with van der Waals surface area (Å²) in [6.07, 6.45) is 4.74. The van der Waals surface area contributed by atoms with Crippen molar-refractivity contribution >= 4 is 32.6 Å². The third-order valence-electron chi connectivity index (χ3n) is 3.35. The van der Waals surface area contributed by atoms with Gasteiger partial charge in [-0.05, 0) is 23.8 Å². The van der Waals surface area contributed by atoms with E-state index in [0.717, 1.165) is 26.9 Å². The van der Waals surface area contributed by atoms with Crippen molar-refractivity contribution in [2.24, 2.45) is 0 Å². The molecule has 0 aliphatic rings. The van der Waals surface area contributed by atoms with E-state index in [1.807, 2.05) is 24.3 Å². The number of thiazole rings is 1. The van der Waals surface area contributed by atoms with Crippen LogP contribution in [0.15, 0.2) is 47.5 Å². The standard InChI is InChI=1S/C16H11N5O2S/c1-9(22)19-16-20-13-3-2-10(5-14(13)24-16)11-4-12(7-17-6-11)15-21-18-8-23-15/h2-8H,1H3,(H,19,20,22). The van der Waals surface area contributed by atoms with Crippen molar-refractivity contribution in [1.82, 2.24) is 20.2 Å². The molecule has 1 N–H and O–H groups in total. The van der Waals surface area contributed by atoms with Crippen molar-refractivity contribution in [2.45, 2.75) is 6.92 Å². The van der Waals surface area contributed by atoms with E-state index in [2.05, 4.69) is 25.5 Å². The van der Waals surface area contributed by atoms with E-state index in [0.29, 0.717) is 11.0 Å². The smallest absolute Gasteiger partial charge is 0.249 e. The van der Waals surface area contributed by atoms with Gasteiger partial charge in [0.15, 0.2) is 5.13 Å². The van der Waals surface area contributed by atoms with Gasteiger partial charge in [-0.1, -0.05) is 17.4 Å². The molecule has 0 aliphatic heterocycles. The van der Waals surface area contributed by atoms with Crippen LogP contribution in [0.5, 0.6) is 0 Å². The summed E-state index contributed by atoms with van der Waals surface area (Å²) in [5.41, 5.74) is 3.53. The maximum atomic E-state index is 11.2. The van der Waals surface area contributed by atoms with Gasteiger partial charge in [-0.2, -0.15) is 0 Å². The molecule has 0 radical (unpaired) electrons. The molecule has 0 spiro atoms. The first-order valence-electron chi connectivity index (χ1n) is 7.09. The summed E-state index contributed by atoms with van der Waals surface area (Å²) >= 11 is 1.43. The lowest BCUT2D eigenvalue weighted by molar-refractivity contribution is -0.114. The number of amides is 1. The molecule has 0 unspecified atom stereocenters. The number of carbonyl (C=O) groups is 1. The molecule has 1 aromatic carbocycles. The maximum Gasteiger partial charge on any atom is 0.249 e. The minimum absolute atomic E-state index is 0.134. The number of hydrogen-bond acceptors (Lipinski definition) is 7. The second-order valence-corrected chi connectivity index (χ2v) is 6.12. The number of aromatic nitrogens is 4. The van der Waals surface area contributed by atoms with Crippen LogP contribution in [0.1, 0.15) is 6.92 Å². The van der Waals surface area contributed by atoms with E-state index < -0.39 is 0 Å². The van der Waals surface area contributed by atoms with Crippen LogP contribution in [0.2, 0.25) is 0 Å². The monoisotopic (exact) mass is 337 g/mol. The number of nitrogens with one attached hydrogen (secondary N) is 1. The zero-order chi connectivity index (χ0) is 16.5. The lowest BCUT2D eigenvalue weighted by atomic mass is 10.1. The summed E-state index contributed by atoms with van der Waals surface area (Å²) in [5.74, 6) is 0.293. The fraction of sp³-hybridized carbons (Fsp3) is 0.0625. The SMILES string of the molecule is CC(=O)Nc1nc2ccc(-c3cncc(-c4nnco4)c3)cc2s1. The number of nitrogens with zero attached hydrogens (tertiary/aromatic N) is 4. The zero-order valence-electron chi connectivity index (χ0n) is 12.6. The molecule has 7 nitrogen and oxygen atoms in total. The molecule has 0 aliphatic carbocycles. The first kappa shape index (κ1) is 14.5. The van der Waals surface area contributed by atoms with E-state index in [1.54, 1.807) is 12.4 Å². The van der Waals surface area contributed by atoms with Gasteiger partial charge in [0.2, 0.25) is 18.2 Å². The van der Waals surface area contributed by atoms with Gasteiger partial charge in [-0.25, -0.2) is 4.98 Å². The quantitative estimate of drug-likeness (QED) is 0.616. The second-order valence-electron chi connectivity index (χ2n) is 5.09. The van der Waals surface area contributed by atoms with E-state index in [1.165, 1.54) is 24.7 Å². The Labute approximate surface area is 140 Å². The Hall–Kier alpha value is -3.13. The molecule has 4 aromatic rings. The largest absolute Gasteiger partial charge is 0.423 e. The normalized spacial score (nSPS) is 10.9. The summed E-state index contributed by atoms with van der Waals surface area (Å²) in [5, 5.41) is 10.9. The van der Waals surface area contributed by atoms with Crippen molar-refractivity contribution in [1.29, 1.82) is 0 Å². The van der Waals surface area contributed by atoms with Gasteiger partial charge in [0.1, 0.15) is 0 Å². The van der Waals surface area contributed by atoms with Crippen LogP contribution < -0.4 is 5.32 Å². The first-order valence-corrected chi connectivity index (χ1v) is 7.91. The highest BCUT2D eigenvalue weighted by Gasteiger charge is 2.09. The fourth-order valence-electron chi connectivity index (χ4n) is 2.32. The van der Waals surface area contributed by atoms with Crippen molar-refractivity contribution in [3.05, 3.63) is 43.1 Å². The minimum Gasteiger partial charge on any atom is -0.423 e. The van der Waals surface area contributed by atoms with Gasteiger partial charge < -0.3 is 9.73 Å². The fourth-order valence-corrected chi connectivity index (χ4v) is 3.27. The molecule has 118 valence electrons. The van der Waals surface area contributed by atoms with Crippen molar-refractivity contribution in [3.8, 4) is 22.6 Å². The number of benzene rings is 1. The Balaban J connectivity index is 1.73. The Morgan fingerprint density at radius 2 is 2.04 bits per heavy atom. The third kappa shape index (κ3) is 2.74. The highest BCUT2D eigenvalue weighted by atomic mass is 32.1. The molecule has 3 heterocycles. The first-order chi connectivity index (χ1) is 11.7. The molecule has 0 atom stereocenters. The average molecular weight is 337 g/mol. The molecule has 8 heteroatoms. The average Bonchev–Trinajstić information content (AvgIpc) is 3.23. The van der Waals surface area contributed by atoms with E-state index >= 15 is 0 Å². The number of hydrogen-bond donors (Lipinski definition) is 1. The molecule has 1 amide bonds. The molecule has 3 aromatic heterocycles.